The lowest BCUT2D eigenvalue weighted by Gasteiger charge is -2.22. The van der Waals surface area contributed by atoms with Crippen LogP contribution in [-0.2, 0) is 16.0 Å². The third-order valence-electron chi connectivity index (χ3n) is 9.18. The van der Waals surface area contributed by atoms with Gasteiger partial charge in [-0.05, 0) is 90.5 Å². The maximum atomic E-state index is 12.5. The fourth-order valence-corrected chi connectivity index (χ4v) is 6.25. The fraction of sp³-hybridized carbons (Fsp3) is 0.217. The zero-order valence-electron chi connectivity index (χ0n) is 31.2. The topological polar surface area (TPSA) is 110 Å². The number of para-hydroxylation sites is 2. The quantitative estimate of drug-likeness (QED) is 0.0750. The number of methoxy groups -OCH3 is 1. The van der Waals surface area contributed by atoms with Crippen molar-refractivity contribution in [2.45, 2.75) is 6.54 Å². The molecule has 10 nitrogen and oxygen atoms in total. The number of rotatable bonds is 19. The van der Waals surface area contributed by atoms with Crippen molar-refractivity contribution in [3.63, 3.8) is 0 Å². The molecule has 0 aliphatic rings. The van der Waals surface area contributed by atoms with E-state index in [9.17, 15) is 9.59 Å². The van der Waals surface area contributed by atoms with Crippen LogP contribution in [0.5, 0.6) is 17.2 Å². The van der Waals surface area contributed by atoms with E-state index >= 15 is 0 Å². The van der Waals surface area contributed by atoms with Crippen LogP contribution in [0.1, 0.15) is 5.56 Å². The van der Waals surface area contributed by atoms with E-state index in [2.05, 4.69) is 11.0 Å². The molecule has 0 N–H and O–H groups in total. The van der Waals surface area contributed by atoms with Crippen LogP contribution >= 0.6 is 0 Å². The SMILES string of the molecule is COc1cccc(CN(CCOCCOc2ccc(-c3cc(=O)c4ccccc4o3)cc2)CCOCCOc2ccc(-c3cc(=O)c4ccccc4o3)cc2)c1. The number of nitrogens with zero attached hydrogens (tertiary/aromatic N) is 1. The molecule has 0 aliphatic heterocycles. The minimum atomic E-state index is -0.0737. The Labute approximate surface area is 324 Å². The van der Waals surface area contributed by atoms with E-state index in [4.69, 9.17) is 32.5 Å². The average molecular weight is 754 g/mol. The molecule has 56 heavy (non-hydrogen) atoms. The van der Waals surface area contributed by atoms with Gasteiger partial charge < -0.3 is 32.5 Å². The normalized spacial score (nSPS) is 11.3. The third-order valence-corrected chi connectivity index (χ3v) is 9.18. The van der Waals surface area contributed by atoms with Crippen LogP contribution in [0.2, 0.25) is 0 Å². The zero-order valence-corrected chi connectivity index (χ0v) is 31.2. The summed E-state index contributed by atoms with van der Waals surface area (Å²) in [5.74, 6) is 3.25. The molecule has 0 atom stereocenters. The van der Waals surface area contributed by atoms with Gasteiger partial charge >= 0.3 is 0 Å². The molecule has 0 radical (unpaired) electrons. The van der Waals surface area contributed by atoms with Gasteiger partial charge in [-0.15, -0.1) is 0 Å². The lowest BCUT2D eigenvalue weighted by Crippen LogP contribution is -2.31. The van der Waals surface area contributed by atoms with Crippen molar-refractivity contribution in [2.75, 3.05) is 59.8 Å². The van der Waals surface area contributed by atoms with Gasteiger partial charge in [-0.2, -0.15) is 0 Å². The summed E-state index contributed by atoms with van der Waals surface area (Å²) in [5.41, 5.74) is 3.70. The molecule has 0 spiro atoms. The van der Waals surface area contributed by atoms with E-state index in [0.717, 1.165) is 22.4 Å². The summed E-state index contributed by atoms with van der Waals surface area (Å²) in [7, 11) is 1.67. The Hall–Kier alpha value is -6.20. The molecule has 0 bridgehead atoms. The highest BCUT2D eigenvalue weighted by Gasteiger charge is 2.10. The molecular weight excluding hydrogens is 711 g/mol. The lowest BCUT2D eigenvalue weighted by molar-refractivity contribution is 0.0534. The van der Waals surface area contributed by atoms with Crippen molar-refractivity contribution >= 4 is 21.9 Å². The van der Waals surface area contributed by atoms with Gasteiger partial charge in [0.05, 0.1) is 44.3 Å². The third kappa shape index (κ3) is 10.1. The summed E-state index contributed by atoms with van der Waals surface area (Å²) >= 11 is 0. The Morgan fingerprint density at radius 3 is 1.50 bits per heavy atom. The average Bonchev–Trinajstić information content (AvgIpc) is 3.23. The second-order valence-corrected chi connectivity index (χ2v) is 13.0. The van der Waals surface area contributed by atoms with Crippen LogP contribution in [0.15, 0.2) is 152 Å². The maximum Gasteiger partial charge on any atom is 0.193 e. The van der Waals surface area contributed by atoms with E-state index in [1.165, 1.54) is 12.1 Å². The predicted octanol–water partition coefficient (Wildman–Crippen LogP) is 8.24. The molecule has 0 amide bonds. The molecule has 5 aromatic carbocycles. The lowest BCUT2D eigenvalue weighted by atomic mass is 10.1. The monoisotopic (exact) mass is 753 g/mol. The van der Waals surface area contributed by atoms with Gasteiger partial charge in [0.2, 0.25) is 0 Å². The van der Waals surface area contributed by atoms with Crippen LogP contribution in [0.3, 0.4) is 0 Å². The van der Waals surface area contributed by atoms with Crippen molar-refractivity contribution < 1.29 is 32.5 Å². The summed E-state index contributed by atoms with van der Waals surface area (Å²) < 4.78 is 41.0. The summed E-state index contributed by atoms with van der Waals surface area (Å²) in [6.07, 6.45) is 0. The highest BCUT2D eigenvalue weighted by atomic mass is 16.5. The molecule has 0 aliphatic carbocycles. The molecule has 286 valence electrons. The number of hydrogen-bond acceptors (Lipinski definition) is 10. The Balaban J connectivity index is 0.833. The number of benzene rings is 5. The minimum absolute atomic E-state index is 0.0737. The Morgan fingerprint density at radius 2 is 1.00 bits per heavy atom. The molecule has 10 heteroatoms. The van der Waals surface area contributed by atoms with E-state index < -0.39 is 0 Å². The second-order valence-electron chi connectivity index (χ2n) is 13.0. The van der Waals surface area contributed by atoms with Crippen molar-refractivity contribution in [3.05, 3.63) is 159 Å². The molecule has 0 fully saturated rings. The molecule has 7 aromatic rings. The van der Waals surface area contributed by atoms with Gasteiger partial charge in [0, 0.05) is 42.9 Å². The highest BCUT2D eigenvalue weighted by Crippen LogP contribution is 2.26. The first-order valence-corrected chi connectivity index (χ1v) is 18.6. The van der Waals surface area contributed by atoms with Gasteiger partial charge in [-0.1, -0.05) is 36.4 Å². The molecule has 0 saturated heterocycles. The van der Waals surface area contributed by atoms with E-state index in [-0.39, 0.29) is 10.9 Å². The summed E-state index contributed by atoms with van der Waals surface area (Å²) in [5, 5.41) is 1.12. The van der Waals surface area contributed by atoms with Gasteiger partial charge in [0.15, 0.2) is 10.9 Å². The largest absolute Gasteiger partial charge is 0.497 e. The first-order valence-electron chi connectivity index (χ1n) is 18.6. The molecule has 2 aromatic heterocycles. The highest BCUT2D eigenvalue weighted by molar-refractivity contribution is 5.79. The standard InChI is InChI=1S/C46H43NO9/c1-50-38-8-6-7-33(29-38)32-47(21-23-51-25-27-53-36-17-13-34(14-18-36)45-30-41(48)39-9-2-4-11-43(39)55-45)22-24-52-26-28-54-37-19-15-35(16-20-37)46-31-42(49)40-10-3-5-12-44(40)56-46/h2-20,29-31H,21-28,32H2,1H3. The van der Waals surface area contributed by atoms with Crippen molar-refractivity contribution in [2.24, 2.45) is 0 Å². The Morgan fingerprint density at radius 1 is 0.500 bits per heavy atom. The number of fused-ring (bicyclic) bond motifs is 2. The van der Waals surface area contributed by atoms with E-state index in [1.54, 1.807) is 31.4 Å². The fourth-order valence-electron chi connectivity index (χ4n) is 6.25. The van der Waals surface area contributed by atoms with Gasteiger partial charge in [-0.3, -0.25) is 14.5 Å². The van der Waals surface area contributed by atoms with Crippen molar-refractivity contribution in [3.8, 4) is 39.9 Å². The van der Waals surface area contributed by atoms with Crippen molar-refractivity contribution in [1.29, 1.82) is 0 Å². The van der Waals surface area contributed by atoms with Crippen LogP contribution in [-0.4, -0.2) is 64.7 Å². The zero-order chi connectivity index (χ0) is 38.5. The summed E-state index contributed by atoms with van der Waals surface area (Å²) in [6.45, 7) is 4.81. The van der Waals surface area contributed by atoms with Gasteiger partial charge in [0.25, 0.3) is 0 Å². The summed E-state index contributed by atoms with van der Waals surface area (Å²) in [4.78, 5) is 27.3. The van der Waals surface area contributed by atoms with Gasteiger partial charge in [0.1, 0.15) is 53.1 Å². The van der Waals surface area contributed by atoms with Crippen molar-refractivity contribution in [1.82, 2.24) is 4.90 Å². The van der Waals surface area contributed by atoms with E-state index in [1.807, 2.05) is 91.0 Å². The number of ether oxygens (including phenoxy) is 5. The summed E-state index contributed by atoms with van der Waals surface area (Å²) in [6, 6.07) is 40.5. The molecule has 7 rings (SSSR count). The molecular formula is C46H43NO9. The van der Waals surface area contributed by atoms with Gasteiger partial charge in [-0.25, -0.2) is 0 Å². The van der Waals surface area contributed by atoms with E-state index in [0.29, 0.717) is 104 Å². The van der Waals surface area contributed by atoms with Crippen LogP contribution < -0.4 is 25.1 Å². The Kier molecular flexibility index (Phi) is 12.9. The van der Waals surface area contributed by atoms with Crippen LogP contribution in [0.25, 0.3) is 44.6 Å². The van der Waals surface area contributed by atoms with Crippen LogP contribution in [0, 0.1) is 0 Å². The minimum Gasteiger partial charge on any atom is -0.497 e. The molecule has 2 heterocycles. The molecule has 0 saturated carbocycles. The van der Waals surface area contributed by atoms with Crippen LogP contribution in [0.4, 0.5) is 0 Å². The predicted molar refractivity (Wildman–Crippen MR) is 217 cm³/mol. The number of hydrogen-bond donors (Lipinski definition) is 0. The molecule has 0 unspecified atom stereocenters. The maximum absolute atomic E-state index is 12.5. The first kappa shape index (κ1) is 38.1. The second kappa shape index (κ2) is 18.9. The Bertz CT molecular complexity index is 2310. The first-order chi connectivity index (χ1) is 27.5. The smallest absolute Gasteiger partial charge is 0.193 e.